The third-order valence-electron chi connectivity index (χ3n) is 7.54. The number of benzene rings is 1. The van der Waals surface area contributed by atoms with Crippen molar-refractivity contribution in [3.8, 4) is 17.0 Å². The number of ether oxygens (including phenoxy) is 5. The van der Waals surface area contributed by atoms with Gasteiger partial charge in [-0.1, -0.05) is 63.8 Å². The summed E-state index contributed by atoms with van der Waals surface area (Å²) >= 11 is 0. The van der Waals surface area contributed by atoms with Crippen molar-refractivity contribution in [2.75, 3.05) is 59.5 Å². The summed E-state index contributed by atoms with van der Waals surface area (Å²) in [5, 5.41) is 2.90. The van der Waals surface area contributed by atoms with Crippen LogP contribution in [0.3, 0.4) is 0 Å². The number of nitrogens with zero attached hydrogens (tertiary/aromatic N) is 1. The van der Waals surface area contributed by atoms with Gasteiger partial charge in [0.2, 0.25) is 11.8 Å². The Morgan fingerprint density at radius 1 is 0.938 bits per heavy atom. The SMILES string of the molecule is C=C/C(=C(C)\C=C/C)c1ccc(-c2cnc(OCCOCCOCCOCCOCC(=O)NC(C)C(C)(C)C)c(C(F)(F)F)c2)cc1C. The van der Waals surface area contributed by atoms with Gasteiger partial charge in [0.15, 0.2) is 0 Å². The molecule has 0 radical (unpaired) electrons. The Morgan fingerprint density at radius 3 is 2.04 bits per heavy atom. The number of carbonyl (C=O) groups excluding carboxylic acids is 1. The summed E-state index contributed by atoms with van der Waals surface area (Å²) < 4.78 is 68.8. The van der Waals surface area contributed by atoms with Crippen LogP contribution in [0.4, 0.5) is 13.2 Å². The number of aryl methyl sites for hydroxylation is 1. The summed E-state index contributed by atoms with van der Waals surface area (Å²) in [7, 11) is 0. The third kappa shape index (κ3) is 13.9. The molecule has 0 aliphatic rings. The summed E-state index contributed by atoms with van der Waals surface area (Å²) in [5.41, 5.74) is 3.82. The number of allylic oxidation sites excluding steroid dienone is 5. The van der Waals surface area contributed by atoms with Gasteiger partial charge in [-0.05, 0) is 67.0 Å². The first-order valence-electron chi connectivity index (χ1n) is 16.1. The van der Waals surface area contributed by atoms with Gasteiger partial charge in [-0.15, -0.1) is 0 Å². The lowest BCUT2D eigenvalue weighted by atomic mass is 9.88. The molecule has 0 bridgehead atoms. The topological polar surface area (TPSA) is 88.1 Å². The van der Waals surface area contributed by atoms with Crippen molar-refractivity contribution in [2.45, 2.75) is 60.7 Å². The lowest BCUT2D eigenvalue weighted by molar-refractivity contribution is -0.139. The van der Waals surface area contributed by atoms with Crippen molar-refractivity contribution >= 4 is 11.5 Å². The molecule has 1 amide bonds. The average Bonchev–Trinajstić information content (AvgIpc) is 3.01. The Kier molecular flexibility index (Phi) is 17.0. The highest BCUT2D eigenvalue weighted by atomic mass is 19.4. The van der Waals surface area contributed by atoms with Crippen molar-refractivity contribution in [1.29, 1.82) is 0 Å². The van der Waals surface area contributed by atoms with E-state index in [0.29, 0.717) is 30.9 Å². The van der Waals surface area contributed by atoms with E-state index in [1.807, 2.05) is 52.0 Å². The van der Waals surface area contributed by atoms with Crippen molar-refractivity contribution < 1.29 is 41.7 Å². The van der Waals surface area contributed by atoms with Gasteiger partial charge < -0.3 is 29.0 Å². The summed E-state index contributed by atoms with van der Waals surface area (Å²) in [4.78, 5) is 15.9. The number of amides is 1. The first kappa shape index (κ1) is 40.7. The molecule has 1 aromatic heterocycles. The number of alkyl halides is 3. The van der Waals surface area contributed by atoms with Crippen molar-refractivity contribution in [3.05, 3.63) is 77.5 Å². The molecule has 1 atom stereocenters. The van der Waals surface area contributed by atoms with Crippen LogP contribution in [0.5, 0.6) is 5.88 Å². The van der Waals surface area contributed by atoms with Crippen LogP contribution in [-0.4, -0.2) is 76.4 Å². The molecule has 8 nitrogen and oxygen atoms in total. The Hall–Kier alpha value is -3.51. The lowest BCUT2D eigenvalue weighted by Gasteiger charge is -2.28. The molecule has 1 heterocycles. The van der Waals surface area contributed by atoms with Crippen LogP contribution in [0.15, 0.2) is 60.8 Å². The Morgan fingerprint density at radius 2 is 1.52 bits per heavy atom. The fourth-order valence-electron chi connectivity index (χ4n) is 4.42. The second kappa shape index (κ2) is 20.1. The molecule has 11 heteroatoms. The molecule has 0 saturated heterocycles. The van der Waals surface area contributed by atoms with Gasteiger partial charge in [-0.2, -0.15) is 13.2 Å². The van der Waals surface area contributed by atoms with Crippen LogP contribution in [-0.2, 0) is 29.9 Å². The minimum absolute atomic E-state index is 0.0264. The largest absolute Gasteiger partial charge is 0.475 e. The fourth-order valence-corrected chi connectivity index (χ4v) is 4.42. The van der Waals surface area contributed by atoms with Crippen LogP contribution < -0.4 is 10.1 Å². The summed E-state index contributed by atoms with van der Waals surface area (Å²) in [6.07, 6.45) is 2.43. The zero-order valence-electron chi connectivity index (χ0n) is 29.3. The number of halogens is 3. The molecular formula is C37H51F3N2O6. The number of aromatic nitrogens is 1. The van der Waals surface area contributed by atoms with E-state index in [4.69, 9.17) is 23.7 Å². The number of pyridine rings is 1. The van der Waals surface area contributed by atoms with Gasteiger partial charge in [-0.25, -0.2) is 4.98 Å². The van der Waals surface area contributed by atoms with Crippen molar-refractivity contribution in [2.24, 2.45) is 5.41 Å². The number of hydrogen-bond donors (Lipinski definition) is 1. The highest BCUT2D eigenvalue weighted by Crippen LogP contribution is 2.38. The van der Waals surface area contributed by atoms with Crippen molar-refractivity contribution in [3.63, 3.8) is 0 Å². The van der Waals surface area contributed by atoms with Gasteiger partial charge in [0, 0.05) is 17.8 Å². The molecule has 2 aromatic rings. The van der Waals surface area contributed by atoms with E-state index in [2.05, 4.69) is 37.7 Å². The normalized spacial score (nSPS) is 13.4. The molecule has 0 fully saturated rings. The van der Waals surface area contributed by atoms with E-state index in [9.17, 15) is 18.0 Å². The van der Waals surface area contributed by atoms with E-state index in [1.54, 1.807) is 12.1 Å². The first-order valence-corrected chi connectivity index (χ1v) is 16.1. The maximum Gasteiger partial charge on any atom is 0.421 e. The van der Waals surface area contributed by atoms with Gasteiger partial charge >= 0.3 is 6.18 Å². The quantitative estimate of drug-likeness (QED) is 0.114. The predicted molar refractivity (Wildman–Crippen MR) is 183 cm³/mol. The molecule has 0 aliphatic carbocycles. The minimum atomic E-state index is -4.65. The highest BCUT2D eigenvalue weighted by molar-refractivity contribution is 5.81. The van der Waals surface area contributed by atoms with Crippen LogP contribution in [0.2, 0.25) is 0 Å². The second-order valence-corrected chi connectivity index (χ2v) is 12.3. The second-order valence-electron chi connectivity index (χ2n) is 12.3. The number of hydrogen-bond acceptors (Lipinski definition) is 7. The van der Waals surface area contributed by atoms with Gasteiger partial charge in [0.05, 0.1) is 46.2 Å². The molecule has 48 heavy (non-hydrogen) atoms. The molecular weight excluding hydrogens is 625 g/mol. The van der Waals surface area contributed by atoms with E-state index in [-0.39, 0.29) is 57.0 Å². The summed E-state index contributed by atoms with van der Waals surface area (Å²) in [5.74, 6) is -0.667. The summed E-state index contributed by atoms with van der Waals surface area (Å²) in [6.45, 7) is 19.6. The Balaban J connectivity index is 1.73. The van der Waals surface area contributed by atoms with Crippen LogP contribution >= 0.6 is 0 Å². The number of nitrogens with one attached hydrogen (secondary N) is 1. The molecule has 1 unspecified atom stereocenters. The molecule has 266 valence electrons. The van der Waals surface area contributed by atoms with Gasteiger partial charge in [-0.3, -0.25) is 4.79 Å². The van der Waals surface area contributed by atoms with E-state index in [0.717, 1.165) is 28.3 Å². The zero-order chi connectivity index (χ0) is 35.7. The van der Waals surface area contributed by atoms with E-state index in [1.165, 1.54) is 6.20 Å². The van der Waals surface area contributed by atoms with Crippen LogP contribution in [0.25, 0.3) is 16.7 Å². The smallest absolute Gasteiger partial charge is 0.421 e. The third-order valence-corrected chi connectivity index (χ3v) is 7.54. The van der Waals surface area contributed by atoms with E-state index < -0.39 is 17.6 Å². The summed E-state index contributed by atoms with van der Waals surface area (Å²) in [6, 6.07) is 6.59. The fraction of sp³-hybridized carbons (Fsp3) is 0.514. The van der Waals surface area contributed by atoms with Gasteiger partial charge in [0.1, 0.15) is 18.8 Å². The maximum atomic E-state index is 13.9. The predicted octanol–water partition coefficient (Wildman–Crippen LogP) is 7.61. The molecule has 0 saturated carbocycles. The Labute approximate surface area is 283 Å². The molecule has 1 N–H and O–H groups in total. The maximum absolute atomic E-state index is 13.9. The lowest BCUT2D eigenvalue weighted by Crippen LogP contribution is -2.43. The number of rotatable bonds is 20. The molecule has 2 rings (SSSR count). The number of carbonyl (C=O) groups is 1. The average molecular weight is 677 g/mol. The zero-order valence-corrected chi connectivity index (χ0v) is 29.3. The van der Waals surface area contributed by atoms with E-state index >= 15 is 0 Å². The monoisotopic (exact) mass is 676 g/mol. The highest BCUT2D eigenvalue weighted by Gasteiger charge is 2.36. The minimum Gasteiger partial charge on any atom is -0.475 e. The van der Waals surface area contributed by atoms with Crippen LogP contribution in [0.1, 0.15) is 58.2 Å². The standard InChI is InChI=1S/C37H51F3N2O6/c1-9-11-26(3)31(10-2)32-13-12-29(22-27(32)4)30-23-33(37(38,39)40)35(41-24-30)48-21-20-46-17-16-44-14-15-45-18-19-47-25-34(43)42-28(5)36(6,7)8/h9-13,22-24,28H,2,14-21,25H2,1,3-8H3,(H,42,43)/b11-9-,31-26+. The molecule has 1 aromatic carbocycles. The Bertz CT molecular complexity index is 1380. The molecule has 0 aliphatic heterocycles. The van der Waals surface area contributed by atoms with Crippen molar-refractivity contribution in [1.82, 2.24) is 10.3 Å². The van der Waals surface area contributed by atoms with Crippen LogP contribution in [0, 0.1) is 12.3 Å². The molecule has 0 spiro atoms. The first-order chi connectivity index (χ1) is 22.7. The van der Waals surface area contributed by atoms with Gasteiger partial charge in [0.25, 0.3) is 0 Å².